The number of allylic oxidation sites excluding steroid dienone is 1. The fourth-order valence-electron chi connectivity index (χ4n) is 3.78. The smallest absolute Gasteiger partial charge is 0.282 e. The van der Waals surface area contributed by atoms with Crippen LogP contribution in [0.3, 0.4) is 0 Å². The van der Waals surface area contributed by atoms with Crippen LogP contribution in [0, 0.1) is 6.92 Å². The van der Waals surface area contributed by atoms with E-state index in [4.69, 9.17) is 4.74 Å². The van der Waals surface area contributed by atoms with Gasteiger partial charge in [0.25, 0.3) is 15.8 Å². The lowest BCUT2D eigenvalue weighted by molar-refractivity contribution is -0.882. The topological polar surface area (TPSA) is 101 Å². The summed E-state index contributed by atoms with van der Waals surface area (Å²) in [7, 11) is -3.94. The van der Waals surface area contributed by atoms with Crippen molar-refractivity contribution in [1.82, 2.24) is 0 Å². The molecular formula is C21H23N2O5S+. The molecule has 1 fully saturated rings. The van der Waals surface area contributed by atoms with Crippen molar-refractivity contribution < 1.29 is 28.3 Å². The Morgan fingerprint density at radius 3 is 2.62 bits per heavy atom. The minimum atomic E-state index is -3.94. The first kappa shape index (κ1) is 19.9. The van der Waals surface area contributed by atoms with Gasteiger partial charge in [0.15, 0.2) is 5.70 Å². The molecular weight excluding hydrogens is 392 g/mol. The van der Waals surface area contributed by atoms with Crippen LogP contribution in [0.5, 0.6) is 0 Å². The molecule has 0 spiro atoms. The Morgan fingerprint density at radius 2 is 1.90 bits per heavy atom. The van der Waals surface area contributed by atoms with Gasteiger partial charge in [-0.2, -0.15) is 12.8 Å². The van der Waals surface area contributed by atoms with Crippen LogP contribution in [0.1, 0.15) is 16.7 Å². The molecule has 2 aromatic rings. The van der Waals surface area contributed by atoms with Gasteiger partial charge in [-0.15, -0.1) is 0 Å². The normalized spacial score (nSPS) is 25.3. The predicted octanol–water partition coefficient (Wildman–Crippen LogP) is 0.123. The monoisotopic (exact) mass is 415 g/mol. The number of hydrogen-bond acceptors (Lipinski definition) is 5. The van der Waals surface area contributed by atoms with Gasteiger partial charge in [0, 0.05) is 17.2 Å². The highest BCUT2D eigenvalue weighted by Crippen LogP contribution is 2.36. The van der Waals surface area contributed by atoms with E-state index in [9.17, 15) is 18.6 Å². The molecule has 152 valence electrons. The third kappa shape index (κ3) is 3.54. The summed E-state index contributed by atoms with van der Waals surface area (Å²) in [4.78, 5) is 0.933. The number of sulfonamides is 1. The number of nitrogens with zero attached hydrogens (tertiary/aromatic N) is 1. The molecule has 0 aromatic heterocycles. The quantitative estimate of drug-likeness (QED) is 0.659. The largest absolute Gasteiger partial charge is 0.391 e. The van der Waals surface area contributed by atoms with Gasteiger partial charge in [0.2, 0.25) is 0 Å². The minimum Gasteiger partial charge on any atom is -0.391 e. The molecule has 0 saturated carbocycles. The minimum absolute atomic E-state index is 0.0709. The lowest BCUT2D eigenvalue weighted by Gasteiger charge is -2.41. The molecule has 2 aliphatic rings. The standard InChI is InChI=1S/C21H22N2O5S/c1-15-6-8-16(9-7-15)29(26,27)22-19-14-20-21(25,18-5-3-2-4-17(18)19)28-13-11-23(20)10-12-24/h2-9,14,24-25H,10-13H2,1H3/p+1. The molecule has 1 aliphatic heterocycles. The Hall–Kier alpha value is -2.36. The van der Waals surface area contributed by atoms with Crippen LogP contribution >= 0.6 is 0 Å². The molecule has 2 atom stereocenters. The number of quaternary nitrogens is 1. The van der Waals surface area contributed by atoms with E-state index in [2.05, 4.69) is 4.40 Å². The van der Waals surface area contributed by atoms with Crippen LogP contribution in [-0.4, -0.2) is 50.6 Å². The van der Waals surface area contributed by atoms with E-state index in [1.165, 1.54) is 12.1 Å². The first-order valence-corrected chi connectivity index (χ1v) is 10.8. The zero-order valence-corrected chi connectivity index (χ0v) is 16.8. The second kappa shape index (κ2) is 7.47. The van der Waals surface area contributed by atoms with Crippen molar-refractivity contribution in [1.29, 1.82) is 0 Å². The Morgan fingerprint density at radius 1 is 1.17 bits per heavy atom. The molecule has 0 bridgehead atoms. The van der Waals surface area contributed by atoms with Gasteiger partial charge >= 0.3 is 0 Å². The van der Waals surface area contributed by atoms with Gasteiger partial charge in [-0.1, -0.05) is 42.0 Å². The van der Waals surface area contributed by atoms with Crippen molar-refractivity contribution in [2.75, 3.05) is 26.3 Å². The van der Waals surface area contributed by atoms with Gasteiger partial charge in [0.05, 0.1) is 17.2 Å². The van der Waals surface area contributed by atoms with Gasteiger partial charge < -0.3 is 14.9 Å². The number of benzene rings is 2. The summed E-state index contributed by atoms with van der Waals surface area (Å²) in [6.07, 6.45) is 1.57. The van der Waals surface area contributed by atoms with Crippen LogP contribution in [-0.2, 0) is 20.5 Å². The van der Waals surface area contributed by atoms with Crippen LogP contribution in [0.4, 0.5) is 0 Å². The first-order chi connectivity index (χ1) is 13.8. The van der Waals surface area contributed by atoms with Crippen LogP contribution < -0.4 is 4.90 Å². The second-order valence-corrected chi connectivity index (χ2v) is 8.79. The number of morpholine rings is 1. The number of rotatable bonds is 4. The highest BCUT2D eigenvalue weighted by atomic mass is 32.2. The molecule has 7 nitrogen and oxygen atoms in total. The van der Waals surface area contributed by atoms with Gasteiger partial charge in [0.1, 0.15) is 19.7 Å². The van der Waals surface area contributed by atoms with Crippen molar-refractivity contribution in [2.24, 2.45) is 4.40 Å². The number of hydrogen-bond donors (Lipinski definition) is 3. The number of nitrogens with one attached hydrogen (secondary N) is 1. The average molecular weight is 415 g/mol. The molecule has 0 amide bonds. The number of aliphatic hydroxyl groups excluding tert-OH is 1. The fourth-order valence-corrected chi connectivity index (χ4v) is 4.77. The lowest BCUT2D eigenvalue weighted by Crippen LogP contribution is -3.14. The summed E-state index contributed by atoms with van der Waals surface area (Å²) < 4.78 is 35.6. The van der Waals surface area contributed by atoms with E-state index in [0.717, 1.165) is 10.5 Å². The first-order valence-electron chi connectivity index (χ1n) is 9.41. The average Bonchev–Trinajstić information content (AvgIpc) is 2.70. The SMILES string of the molecule is Cc1ccc(S(=O)(=O)N=C2C=C3[NH+](CCO)CCOC3(O)c3ccccc32)cc1. The third-order valence-corrected chi connectivity index (χ3v) is 6.57. The molecule has 1 aliphatic carbocycles. The summed E-state index contributed by atoms with van der Waals surface area (Å²) in [5.41, 5.74) is 2.59. The Labute approximate surface area is 169 Å². The molecule has 3 N–H and O–H groups in total. The van der Waals surface area contributed by atoms with Crippen molar-refractivity contribution in [3.63, 3.8) is 0 Å². The summed E-state index contributed by atoms with van der Waals surface area (Å²) >= 11 is 0. The number of aliphatic hydroxyl groups is 2. The van der Waals surface area contributed by atoms with Crippen LogP contribution in [0.2, 0.25) is 0 Å². The van der Waals surface area contributed by atoms with Crippen LogP contribution in [0.25, 0.3) is 0 Å². The zero-order valence-electron chi connectivity index (χ0n) is 16.0. The van der Waals surface area contributed by atoms with E-state index in [0.29, 0.717) is 36.5 Å². The highest BCUT2D eigenvalue weighted by molar-refractivity contribution is 7.90. The Bertz CT molecular complexity index is 1090. The van der Waals surface area contributed by atoms with Crippen molar-refractivity contribution >= 4 is 15.7 Å². The second-order valence-electron chi connectivity index (χ2n) is 7.19. The number of ether oxygens (including phenoxy) is 1. The maximum absolute atomic E-state index is 12.9. The number of fused-ring (bicyclic) bond motifs is 3. The molecule has 1 heterocycles. The molecule has 0 radical (unpaired) electrons. The maximum Gasteiger partial charge on any atom is 0.282 e. The van der Waals surface area contributed by atoms with Crippen LogP contribution in [0.15, 0.2) is 69.6 Å². The number of aryl methyl sites for hydroxylation is 1. The third-order valence-electron chi connectivity index (χ3n) is 5.26. The van der Waals surface area contributed by atoms with E-state index in [-0.39, 0.29) is 17.2 Å². The van der Waals surface area contributed by atoms with E-state index >= 15 is 0 Å². The molecule has 2 unspecified atom stereocenters. The van der Waals surface area contributed by atoms with E-state index in [1.54, 1.807) is 42.5 Å². The Kier molecular flexibility index (Phi) is 5.14. The lowest BCUT2D eigenvalue weighted by atomic mass is 9.86. The van der Waals surface area contributed by atoms with Crippen molar-refractivity contribution in [3.05, 3.63) is 77.0 Å². The summed E-state index contributed by atoms with van der Waals surface area (Å²) in [6, 6.07) is 13.4. The van der Waals surface area contributed by atoms with Crippen molar-refractivity contribution in [2.45, 2.75) is 17.6 Å². The van der Waals surface area contributed by atoms with Gasteiger partial charge in [-0.3, -0.25) is 4.90 Å². The molecule has 2 aromatic carbocycles. The fraction of sp³-hybridized carbons (Fsp3) is 0.286. The predicted molar refractivity (Wildman–Crippen MR) is 107 cm³/mol. The zero-order chi connectivity index (χ0) is 20.6. The van der Waals surface area contributed by atoms with E-state index < -0.39 is 15.8 Å². The molecule has 1 saturated heterocycles. The summed E-state index contributed by atoms with van der Waals surface area (Å²) in [5.74, 6) is -1.67. The summed E-state index contributed by atoms with van der Waals surface area (Å²) in [5, 5.41) is 20.7. The van der Waals surface area contributed by atoms with Gasteiger partial charge in [-0.25, -0.2) is 0 Å². The summed E-state index contributed by atoms with van der Waals surface area (Å²) in [6.45, 7) is 3.04. The highest BCUT2D eigenvalue weighted by Gasteiger charge is 2.49. The maximum atomic E-state index is 12.9. The van der Waals surface area contributed by atoms with E-state index in [1.807, 2.05) is 6.92 Å². The van der Waals surface area contributed by atoms with Crippen molar-refractivity contribution in [3.8, 4) is 0 Å². The van der Waals surface area contributed by atoms with Gasteiger partial charge in [-0.05, 0) is 19.1 Å². The molecule has 8 heteroatoms. The molecule has 29 heavy (non-hydrogen) atoms. The Balaban J connectivity index is 1.88. The molecule has 4 rings (SSSR count).